The van der Waals surface area contributed by atoms with Crippen LogP contribution in [0.4, 0.5) is 0 Å². The Morgan fingerprint density at radius 1 is 1.07 bits per heavy atom. The molecule has 3 aromatic heterocycles. The lowest BCUT2D eigenvalue weighted by Crippen LogP contribution is -2.43. The lowest BCUT2D eigenvalue weighted by Gasteiger charge is -2.36. The van der Waals surface area contributed by atoms with Gasteiger partial charge in [0, 0.05) is 47.0 Å². The van der Waals surface area contributed by atoms with Crippen molar-refractivity contribution in [2.75, 3.05) is 13.1 Å². The van der Waals surface area contributed by atoms with Crippen molar-refractivity contribution < 1.29 is 13.5 Å². The molecule has 7 nitrogen and oxygen atoms in total. The van der Waals surface area contributed by atoms with Crippen LogP contribution in [0.15, 0.2) is 78.2 Å². The first kappa shape index (κ1) is 28.0. The molecular formula is C32H33ClN4O3S2. The molecule has 4 heterocycles. The summed E-state index contributed by atoms with van der Waals surface area (Å²) in [4.78, 5) is 12.4. The van der Waals surface area contributed by atoms with Crippen molar-refractivity contribution in [2.24, 2.45) is 0 Å². The topological polar surface area (TPSA) is 88.3 Å². The molecule has 4 aromatic rings. The van der Waals surface area contributed by atoms with Crippen LogP contribution in [0.3, 0.4) is 0 Å². The summed E-state index contributed by atoms with van der Waals surface area (Å²) >= 11 is 7.92. The van der Waals surface area contributed by atoms with Gasteiger partial charge in [0.1, 0.15) is 15.4 Å². The lowest BCUT2D eigenvalue weighted by molar-refractivity contribution is -0.0389. The highest BCUT2D eigenvalue weighted by molar-refractivity contribution is 7.91. The Kier molecular flexibility index (Phi) is 6.94. The molecule has 1 aliphatic heterocycles. The fourth-order valence-corrected chi connectivity index (χ4v) is 9.77. The molecule has 7 rings (SSSR count). The van der Waals surface area contributed by atoms with Gasteiger partial charge in [0.2, 0.25) is 10.0 Å². The molecule has 2 unspecified atom stereocenters. The molecule has 218 valence electrons. The molecule has 0 spiro atoms. The van der Waals surface area contributed by atoms with Crippen molar-refractivity contribution in [3.8, 4) is 10.4 Å². The molecule has 0 bridgehead atoms. The van der Waals surface area contributed by atoms with Crippen LogP contribution < -0.4 is 0 Å². The van der Waals surface area contributed by atoms with E-state index in [1.165, 1.54) is 33.7 Å². The number of likely N-dealkylation sites (tertiary alicyclic amines) is 1. The number of fused-ring (bicyclic) bond motifs is 1. The molecule has 1 N–H and O–H groups in total. The third kappa shape index (κ3) is 4.57. The predicted molar refractivity (Wildman–Crippen MR) is 168 cm³/mol. The summed E-state index contributed by atoms with van der Waals surface area (Å²) in [5.74, 6) is -0.446. The average molecular weight is 621 g/mol. The maximum absolute atomic E-state index is 14.6. The van der Waals surface area contributed by atoms with Crippen LogP contribution in [0.2, 0.25) is 0 Å². The monoisotopic (exact) mass is 620 g/mol. The van der Waals surface area contributed by atoms with E-state index in [-0.39, 0.29) is 0 Å². The van der Waals surface area contributed by atoms with Gasteiger partial charge < -0.3 is 5.11 Å². The maximum Gasteiger partial charge on any atom is 0.250 e. The second-order valence-corrected chi connectivity index (χ2v) is 15.6. The summed E-state index contributed by atoms with van der Waals surface area (Å²) in [5, 5.41) is 12.6. The van der Waals surface area contributed by atoms with Crippen molar-refractivity contribution >= 4 is 44.0 Å². The Morgan fingerprint density at radius 2 is 1.83 bits per heavy atom. The fourth-order valence-electron chi connectivity index (χ4n) is 6.47. The van der Waals surface area contributed by atoms with E-state index in [1.807, 2.05) is 24.3 Å². The second kappa shape index (κ2) is 10.4. The van der Waals surface area contributed by atoms with E-state index >= 15 is 0 Å². The molecule has 1 aromatic carbocycles. The second-order valence-electron chi connectivity index (χ2n) is 11.9. The number of allylic oxidation sites excluding steroid dienone is 3. The van der Waals surface area contributed by atoms with Gasteiger partial charge in [-0.15, -0.1) is 11.3 Å². The number of rotatable bonds is 7. The number of nitrogens with zero attached hydrogens (tertiary/aromatic N) is 4. The fraction of sp³-hybridized carbons (Fsp3) is 0.375. The zero-order valence-corrected chi connectivity index (χ0v) is 25.8. The van der Waals surface area contributed by atoms with E-state index in [0.29, 0.717) is 33.9 Å². The first-order valence-corrected chi connectivity index (χ1v) is 17.1. The summed E-state index contributed by atoms with van der Waals surface area (Å²) in [5.41, 5.74) is 2.49. The first-order valence-electron chi connectivity index (χ1n) is 14.5. The zero-order chi connectivity index (χ0) is 29.1. The number of aliphatic hydroxyl groups is 1. The molecular weight excluding hydrogens is 588 g/mol. The number of hydrogen-bond donors (Lipinski definition) is 1. The molecule has 2 atom stereocenters. The maximum atomic E-state index is 14.6. The van der Waals surface area contributed by atoms with Gasteiger partial charge in [-0.2, -0.15) is 0 Å². The number of hydrogen-bond acceptors (Lipinski definition) is 7. The summed E-state index contributed by atoms with van der Waals surface area (Å²) < 4.78 is 29.1. The summed E-state index contributed by atoms with van der Waals surface area (Å²) in [6.45, 7) is 4.90. The minimum Gasteiger partial charge on any atom is -0.383 e. The number of halogens is 1. The molecule has 0 radical (unpaired) electrons. The van der Waals surface area contributed by atoms with Crippen molar-refractivity contribution in [1.29, 1.82) is 0 Å². The quantitative estimate of drug-likeness (QED) is 0.252. The van der Waals surface area contributed by atoms with Crippen LogP contribution in [0.25, 0.3) is 21.5 Å². The Labute approximate surface area is 255 Å². The largest absolute Gasteiger partial charge is 0.383 e. The van der Waals surface area contributed by atoms with Crippen LogP contribution in [0.1, 0.15) is 61.1 Å². The van der Waals surface area contributed by atoms with Gasteiger partial charge in [-0.05, 0) is 87.5 Å². The molecule has 1 saturated carbocycles. The molecule has 10 heteroatoms. The zero-order valence-electron chi connectivity index (χ0n) is 23.4. The van der Waals surface area contributed by atoms with Crippen LogP contribution in [-0.4, -0.2) is 50.2 Å². The smallest absolute Gasteiger partial charge is 0.250 e. The standard InChI is InChI=1S/C32H33ClN4O3S2/c1-31(19-24(33)9-10-27(31)23-7-5-22(6-8-23)21-36-16-2-3-17-36)42(39,40)37-18-12-26-25(11-15-34-29(26)37)28-20-35-30(41-28)32(38)13-4-14-32/h5-12,15,18-20,27,38H,2-4,13-14,16-17,21H2,1H3. The van der Waals surface area contributed by atoms with Crippen LogP contribution in [-0.2, 0) is 22.2 Å². The lowest BCUT2D eigenvalue weighted by atomic mass is 9.81. The highest BCUT2D eigenvalue weighted by Gasteiger charge is 2.47. The summed E-state index contributed by atoms with van der Waals surface area (Å²) in [6.07, 6.45) is 15.2. The van der Waals surface area contributed by atoms with Gasteiger partial charge in [-0.3, -0.25) is 4.90 Å². The van der Waals surface area contributed by atoms with E-state index < -0.39 is 26.3 Å². The third-order valence-electron chi connectivity index (χ3n) is 9.15. The summed E-state index contributed by atoms with van der Waals surface area (Å²) in [6, 6.07) is 12.0. The van der Waals surface area contributed by atoms with E-state index in [2.05, 4.69) is 27.0 Å². The van der Waals surface area contributed by atoms with Gasteiger partial charge in [0.25, 0.3) is 0 Å². The van der Waals surface area contributed by atoms with E-state index in [9.17, 15) is 13.5 Å². The highest BCUT2D eigenvalue weighted by Crippen LogP contribution is 2.46. The summed E-state index contributed by atoms with van der Waals surface area (Å²) in [7, 11) is -4.03. The minimum atomic E-state index is -4.03. The predicted octanol–water partition coefficient (Wildman–Crippen LogP) is 6.54. The third-order valence-corrected chi connectivity index (χ3v) is 12.9. The van der Waals surface area contributed by atoms with Gasteiger partial charge >= 0.3 is 0 Å². The molecule has 3 aliphatic rings. The number of aromatic nitrogens is 3. The van der Waals surface area contributed by atoms with Gasteiger partial charge in [-0.1, -0.05) is 41.9 Å². The van der Waals surface area contributed by atoms with E-state index in [0.717, 1.165) is 42.1 Å². The van der Waals surface area contributed by atoms with Crippen LogP contribution >= 0.6 is 22.9 Å². The molecule has 42 heavy (non-hydrogen) atoms. The molecule has 1 saturated heterocycles. The van der Waals surface area contributed by atoms with Crippen molar-refractivity contribution in [3.05, 3.63) is 94.4 Å². The van der Waals surface area contributed by atoms with Crippen molar-refractivity contribution in [2.45, 2.75) is 61.8 Å². The Balaban J connectivity index is 1.25. The number of benzene rings is 1. The van der Waals surface area contributed by atoms with Gasteiger partial charge in [0.05, 0.1) is 4.88 Å². The van der Waals surface area contributed by atoms with Gasteiger partial charge in [-0.25, -0.2) is 22.4 Å². The number of thiazole rings is 1. The normalized spacial score (nSPS) is 24.2. The van der Waals surface area contributed by atoms with Crippen molar-refractivity contribution in [3.63, 3.8) is 0 Å². The molecule has 2 fully saturated rings. The minimum absolute atomic E-state index is 0.352. The van der Waals surface area contributed by atoms with Gasteiger partial charge in [0.15, 0.2) is 5.65 Å². The number of pyridine rings is 1. The Morgan fingerprint density at radius 3 is 2.55 bits per heavy atom. The molecule has 2 aliphatic carbocycles. The Bertz CT molecular complexity index is 1820. The highest BCUT2D eigenvalue weighted by atomic mass is 35.5. The Hall–Kier alpha value is -2.82. The van der Waals surface area contributed by atoms with E-state index in [1.54, 1.807) is 43.7 Å². The van der Waals surface area contributed by atoms with E-state index in [4.69, 9.17) is 11.6 Å². The average Bonchev–Trinajstić information content (AvgIpc) is 3.73. The SMILES string of the molecule is CC1(S(=O)(=O)n2ccc3c(-c4cnc(C5(O)CCC5)s4)ccnc32)C=C(Cl)C=CC1c1ccc(CN2CCCC2)cc1. The first-order chi connectivity index (χ1) is 20.2. The van der Waals surface area contributed by atoms with Crippen molar-refractivity contribution in [1.82, 2.24) is 18.8 Å². The van der Waals surface area contributed by atoms with Crippen LogP contribution in [0, 0.1) is 0 Å². The molecule has 0 amide bonds. The van der Waals surface area contributed by atoms with Crippen LogP contribution in [0.5, 0.6) is 0 Å².